The number of benzene rings is 2. The van der Waals surface area contributed by atoms with Crippen molar-refractivity contribution < 1.29 is 14.3 Å². The SMILES string of the molecule is COc1ccc(N2C(=O)[C@@H]3OCc4cc5c(cc4[C@@H]32)CCC5)cc1. The normalized spacial score (nSPS) is 24.0. The lowest BCUT2D eigenvalue weighted by Gasteiger charge is -2.49. The van der Waals surface area contributed by atoms with Crippen LogP contribution in [0.3, 0.4) is 0 Å². The Morgan fingerprint density at radius 1 is 1.08 bits per heavy atom. The predicted molar refractivity (Wildman–Crippen MR) is 90.3 cm³/mol. The number of carbonyl (C=O) groups is 1. The standard InChI is InChI=1S/C20H19NO3/c1-23-16-7-5-15(6-8-16)21-18-17-10-13-4-2-3-12(13)9-14(17)11-24-19(18)20(21)22/h5-10,18-19H,2-4,11H2,1H3/t18-,19+/m0/s1. The molecule has 3 aliphatic rings. The Labute approximate surface area is 141 Å². The molecule has 1 fully saturated rings. The van der Waals surface area contributed by atoms with Gasteiger partial charge >= 0.3 is 0 Å². The number of amides is 1. The summed E-state index contributed by atoms with van der Waals surface area (Å²) in [5.74, 6) is 0.845. The fourth-order valence-electron chi connectivity index (χ4n) is 4.23. The van der Waals surface area contributed by atoms with E-state index >= 15 is 0 Å². The van der Waals surface area contributed by atoms with Crippen LogP contribution in [-0.4, -0.2) is 19.1 Å². The molecule has 0 N–H and O–H groups in total. The van der Waals surface area contributed by atoms with Gasteiger partial charge in [0.05, 0.1) is 19.8 Å². The molecule has 0 radical (unpaired) electrons. The zero-order valence-electron chi connectivity index (χ0n) is 13.6. The Kier molecular flexibility index (Phi) is 2.98. The van der Waals surface area contributed by atoms with Gasteiger partial charge in [-0.15, -0.1) is 0 Å². The fraction of sp³-hybridized carbons (Fsp3) is 0.350. The number of hydrogen-bond acceptors (Lipinski definition) is 3. The van der Waals surface area contributed by atoms with E-state index in [0.717, 1.165) is 24.3 Å². The minimum Gasteiger partial charge on any atom is -0.497 e. The molecule has 0 aromatic heterocycles. The van der Waals surface area contributed by atoms with Crippen LogP contribution in [0.15, 0.2) is 36.4 Å². The van der Waals surface area contributed by atoms with Crippen molar-refractivity contribution in [1.82, 2.24) is 0 Å². The molecule has 1 amide bonds. The Morgan fingerprint density at radius 3 is 2.58 bits per heavy atom. The van der Waals surface area contributed by atoms with E-state index in [1.54, 1.807) is 7.11 Å². The Bertz CT molecular complexity index is 828. The highest BCUT2D eigenvalue weighted by atomic mass is 16.5. The predicted octanol–water partition coefficient (Wildman–Crippen LogP) is 3.17. The summed E-state index contributed by atoms with van der Waals surface area (Å²) in [6, 6.07) is 12.3. The van der Waals surface area contributed by atoms with Gasteiger partial charge < -0.3 is 9.47 Å². The molecule has 2 atom stereocenters. The molecule has 2 aromatic carbocycles. The van der Waals surface area contributed by atoms with Gasteiger partial charge in [-0.3, -0.25) is 9.69 Å². The quantitative estimate of drug-likeness (QED) is 0.798. The first-order chi connectivity index (χ1) is 11.8. The molecular weight excluding hydrogens is 302 g/mol. The highest BCUT2D eigenvalue weighted by molar-refractivity contribution is 6.05. The van der Waals surface area contributed by atoms with Gasteiger partial charge in [-0.05, 0) is 65.8 Å². The van der Waals surface area contributed by atoms with Crippen molar-refractivity contribution in [2.45, 2.75) is 38.0 Å². The first-order valence-electron chi connectivity index (χ1n) is 8.49. The lowest BCUT2D eigenvalue weighted by atomic mass is 9.83. The maximum atomic E-state index is 12.6. The average Bonchev–Trinajstić information content (AvgIpc) is 3.07. The summed E-state index contributed by atoms with van der Waals surface area (Å²) < 4.78 is 11.1. The molecule has 2 aliphatic heterocycles. The summed E-state index contributed by atoms with van der Waals surface area (Å²) in [6.07, 6.45) is 3.21. The van der Waals surface area contributed by atoms with Gasteiger partial charge in [-0.2, -0.15) is 0 Å². The average molecular weight is 321 g/mol. The van der Waals surface area contributed by atoms with E-state index in [-0.39, 0.29) is 18.1 Å². The van der Waals surface area contributed by atoms with Crippen LogP contribution in [0.4, 0.5) is 5.69 Å². The molecule has 122 valence electrons. The van der Waals surface area contributed by atoms with E-state index in [9.17, 15) is 4.79 Å². The number of anilines is 1. The van der Waals surface area contributed by atoms with Gasteiger partial charge in [0.15, 0.2) is 6.10 Å². The van der Waals surface area contributed by atoms with Gasteiger partial charge in [-0.1, -0.05) is 12.1 Å². The van der Waals surface area contributed by atoms with Crippen molar-refractivity contribution >= 4 is 11.6 Å². The maximum Gasteiger partial charge on any atom is 0.259 e. The Morgan fingerprint density at radius 2 is 1.83 bits per heavy atom. The summed E-state index contributed by atoms with van der Waals surface area (Å²) >= 11 is 0. The van der Waals surface area contributed by atoms with Crippen molar-refractivity contribution in [2.75, 3.05) is 12.0 Å². The van der Waals surface area contributed by atoms with E-state index < -0.39 is 0 Å². The summed E-state index contributed by atoms with van der Waals surface area (Å²) in [5, 5.41) is 0. The van der Waals surface area contributed by atoms with E-state index in [2.05, 4.69) is 12.1 Å². The summed E-state index contributed by atoms with van der Waals surface area (Å²) in [6.45, 7) is 0.548. The number of fused-ring (bicyclic) bond motifs is 4. The van der Waals surface area contributed by atoms with E-state index in [0.29, 0.717) is 6.61 Å². The molecule has 0 spiro atoms. The topological polar surface area (TPSA) is 38.8 Å². The minimum atomic E-state index is -0.334. The molecule has 0 bridgehead atoms. The van der Waals surface area contributed by atoms with Crippen LogP contribution in [-0.2, 0) is 29.0 Å². The van der Waals surface area contributed by atoms with Crippen molar-refractivity contribution in [3.8, 4) is 5.75 Å². The number of nitrogens with zero attached hydrogens (tertiary/aromatic N) is 1. The summed E-state index contributed by atoms with van der Waals surface area (Å²) in [7, 11) is 1.64. The lowest BCUT2D eigenvalue weighted by molar-refractivity contribution is -0.145. The smallest absolute Gasteiger partial charge is 0.259 e. The van der Waals surface area contributed by atoms with Crippen molar-refractivity contribution in [1.29, 1.82) is 0 Å². The molecule has 1 saturated heterocycles. The highest BCUT2D eigenvalue weighted by Crippen LogP contribution is 2.46. The first kappa shape index (κ1) is 14.1. The minimum absolute atomic E-state index is 0.000505. The van der Waals surface area contributed by atoms with Gasteiger partial charge in [-0.25, -0.2) is 0 Å². The van der Waals surface area contributed by atoms with Crippen molar-refractivity contribution in [3.63, 3.8) is 0 Å². The van der Waals surface area contributed by atoms with Gasteiger partial charge in [0.25, 0.3) is 5.91 Å². The van der Waals surface area contributed by atoms with Crippen molar-refractivity contribution in [2.24, 2.45) is 0 Å². The third kappa shape index (κ3) is 1.86. The molecule has 4 nitrogen and oxygen atoms in total. The lowest BCUT2D eigenvalue weighted by Crippen LogP contribution is -2.61. The molecule has 0 unspecified atom stereocenters. The van der Waals surface area contributed by atoms with Crippen LogP contribution >= 0.6 is 0 Å². The largest absolute Gasteiger partial charge is 0.497 e. The molecule has 0 saturated carbocycles. The number of aryl methyl sites for hydroxylation is 2. The third-order valence-electron chi connectivity index (χ3n) is 5.49. The Hall–Kier alpha value is -2.33. The van der Waals surface area contributed by atoms with Crippen LogP contribution < -0.4 is 9.64 Å². The van der Waals surface area contributed by atoms with Gasteiger partial charge in [0, 0.05) is 5.69 Å². The molecule has 5 rings (SSSR count). The number of hydrogen-bond donors (Lipinski definition) is 0. The van der Waals surface area contributed by atoms with Crippen LogP contribution in [0.5, 0.6) is 5.75 Å². The molecule has 4 heteroatoms. The van der Waals surface area contributed by atoms with Crippen LogP contribution in [0.2, 0.25) is 0 Å². The van der Waals surface area contributed by atoms with Gasteiger partial charge in [0.1, 0.15) is 5.75 Å². The zero-order chi connectivity index (χ0) is 16.3. The van der Waals surface area contributed by atoms with Crippen LogP contribution in [0.25, 0.3) is 0 Å². The number of ether oxygens (including phenoxy) is 2. The van der Waals surface area contributed by atoms with Crippen LogP contribution in [0.1, 0.15) is 34.7 Å². The van der Waals surface area contributed by atoms with E-state index in [1.807, 2.05) is 29.2 Å². The van der Waals surface area contributed by atoms with E-state index in [4.69, 9.17) is 9.47 Å². The second-order valence-corrected chi connectivity index (χ2v) is 6.76. The van der Waals surface area contributed by atoms with E-state index in [1.165, 1.54) is 28.7 Å². The van der Waals surface area contributed by atoms with Crippen LogP contribution in [0, 0.1) is 0 Å². The molecular formula is C20H19NO3. The second kappa shape index (κ2) is 5.08. The maximum absolute atomic E-state index is 12.6. The van der Waals surface area contributed by atoms with Crippen molar-refractivity contribution in [3.05, 3.63) is 58.7 Å². The fourth-order valence-corrected chi connectivity index (χ4v) is 4.23. The number of rotatable bonds is 2. The molecule has 1 aliphatic carbocycles. The first-order valence-corrected chi connectivity index (χ1v) is 8.49. The Balaban J connectivity index is 1.55. The number of carbonyl (C=O) groups excluding carboxylic acids is 1. The highest BCUT2D eigenvalue weighted by Gasteiger charge is 2.52. The molecule has 2 aromatic rings. The number of methoxy groups -OCH3 is 1. The zero-order valence-corrected chi connectivity index (χ0v) is 13.6. The monoisotopic (exact) mass is 321 g/mol. The third-order valence-corrected chi connectivity index (χ3v) is 5.49. The summed E-state index contributed by atoms with van der Waals surface area (Å²) in [5.41, 5.74) is 6.31. The number of β-lactam (4-membered cyclic amide) rings is 1. The summed E-state index contributed by atoms with van der Waals surface area (Å²) in [4.78, 5) is 14.4. The second-order valence-electron chi connectivity index (χ2n) is 6.76. The molecule has 2 heterocycles. The van der Waals surface area contributed by atoms with Gasteiger partial charge in [0.2, 0.25) is 0 Å². The molecule has 24 heavy (non-hydrogen) atoms.